The van der Waals surface area contributed by atoms with Crippen molar-refractivity contribution < 1.29 is 13.9 Å². The summed E-state index contributed by atoms with van der Waals surface area (Å²) in [5, 5.41) is 2.84. The summed E-state index contributed by atoms with van der Waals surface area (Å²) >= 11 is 0. The predicted molar refractivity (Wildman–Crippen MR) is 102 cm³/mol. The number of rotatable bonds is 7. The molecule has 1 aromatic heterocycles. The van der Waals surface area contributed by atoms with Crippen LogP contribution >= 0.6 is 0 Å². The molecule has 1 heterocycles. The fourth-order valence-electron chi connectivity index (χ4n) is 3.36. The lowest BCUT2D eigenvalue weighted by molar-refractivity contribution is 0.204. The Balaban J connectivity index is 2.20. The third kappa shape index (κ3) is 6.84. The summed E-state index contributed by atoms with van der Waals surface area (Å²) in [5.74, 6) is 0.0343. The number of halogens is 1. The summed E-state index contributed by atoms with van der Waals surface area (Å²) in [7, 11) is 0. The molecule has 0 saturated heterocycles. The van der Waals surface area contributed by atoms with Crippen LogP contribution < -0.4 is 15.8 Å². The van der Waals surface area contributed by atoms with Gasteiger partial charge in [0.15, 0.2) is 0 Å². The SMILES string of the molecule is CC(C)(C)CC(C)(Cc1nccnc1OCc1cccc(F)c1)NC(N)=O. The first-order valence-corrected chi connectivity index (χ1v) is 8.81. The molecule has 0 aliphatic heterocycles. The first-order chi connectivity index (χ1) is 12.6. The fourth-order valence-corrected chi connectivity index (χ4v) is 3.36. The second kappa shape index (κ2) is 8.33. The Hall–Kier alpha value is -2.70. The van der Waals surface area contributed by atoms with Crippen molar-refractivity contribution in [3.63, 3.8) is 0 Å². The second-order valence-corrected chi connectivity index (χ2v) is 8.19. The van der Waals surface area contributed by atoms with Crippen molar-refractivity contribution in [2.45, 2.75) is 52.7 Å². The predicted octanol–water partition coefficient (Wildman–Crippen LogP) is 3.60. The number of carbonyl (C=O) groups excluding carboxylic acids is 1. The van der Waals surface area contributed by atoms with Gasteiger partial charge in [-0.3, -0.25) is 4.98 Å². The van der Waals surface area contributed by atoms with E-state index in [-0.39, 0.29) is 17.8 Å². The number of amides is 2. The molecule has 2 aromatic rings. The van der Waals surface area contributed by atoms with Gasteiger partial charge in [0.05, 0.1) is 0 Å². The van der Waals surface area contributed by atoms with Gasteiger partial charge < -0.3 is 15.8 Å². The summed E-state index contributed by atoms with van der Waals surface area (Å²) < 4.78 is 19.1. The minimum Gasteiger partial charge on any atom is -0.471 e. The molecule has 1 atom stereocenters. The zero-order valence-electron chi connectivity index (χ0n) is 16.3. The molecule has 0 aliphatic carbocycles. The van der Waals surface area contributed by atoms with Crippen LogP contribution in [0.4, 0.5) is 9.18 Å². The summed E-state index contributed by atoms with van der Waals surface area (Å²) in [6.07, 6.45) is 4.20. The van der Waals surface area contributed by atoms with Crippen LogP contribution in [0.2, 0.25) is 0 Å². The van der Waals surface area contributed by atoms with Crippen molar-refractivity contribution in [1.82, 2.24) is 15.3 Å². The number of primary amides is 1. The molecule has 0 radical (unpaired) electrons. The lowest BCUT2D eigenvalue weighted by Crippen LogP contribution is -2.52. The molecule has 0 fully saturated rings. The summed E-state index contributed by atoms with van der Waals surface area (Å²) in [6, 6.07) is 5.60. The maximum absolute atomic E-state index is 13.3. The van der Waals surface area contributed by atoms with Crippen LogP contribution in [0.25, 0.3) is 0 Å². The molecule has 0 bridgehead atoms. The number of carbonyl (C=O) groups is 1. The monoisotopic (exact) mass is 374 g/mol. The van der Waals surface area contributed by atoms with E-state index in [0.29, 0.717) is 30.0 Å². The van der Waals surface area contributed by atoms with Crippen molar-refractivity contribution in [3.05, 3.63) is 53.7 Å². The van der Waals surface area contributed by atoms with Crippen LogP contribution in [-0.2, 0) is 13.0 Å². The highest BCUT2D eigenvalue weighted by atomic mass is 19.1. The number of benzene rings is 1. The molecular weight excluding hydrogens is 347 g/mol. The molecule has 7 heteroatoms. The van der Waals surface area contributed by atoms with E-state index in [1.807, 2.05) is 6.92 Å². The molecular formula is C20H27FN4O2. The molecule has 1 unspecified atom stereocenters. The number of nitrogens with two attached hydrogens (primary N) is 1. The van der Waals surface area contributed by atoms with Gasteiger partial charge in [0.1, 0.15) is 18.1 Å². The zero-order valence-corrected chi connectivity index (χ0v) is 16.3. The van der Waals surface area contributed by atoms with E-state index >= 15 is 0 Å². The number of hydrogen-bond acceptors (Lipinski definition) is 4. The molecule has 0 spiro atoms. The van der Waals surface area contributed by atoms with Gasteiger partial charge >= 0.3 is 6.03 Å². The Morgan fingerprint density at radius 1 is 1.22 bits per heavy atom. The number of ether oxygens (including phenoxy) is 1. The Morgan fingerprint density at radius 3 is 2.56 bits per heavy atom. The zero-order chi connectivity index (χ0) is 20.1. The molecule has 27 heavy (non-hydrogen) atoms. The maximum atomic E-state index is 13.3. The maximum Gasteiger partial charge on any atom is 0.312 e. The summed E-state index contributed by atoms with van der Waals surface area (Å²) in [5.41, 5.74) is 6.03. The second-order valence-electron chi connectivity index (χ2n) is 8.19. The number of nitrogens with zero attached hydrogens (tertiary/aromatic N) is 2. The minimum atomic E-state index is -0.614. The van der Waals surface area contributed by atoms with Gasteiger partial charge in [0, 0.05) is 24.4 Å². The number of urea groups is 1. The van der Waals surface area contributed by atoms with Crippen LogP contribution in [0, 0.1) is 11.2 Å². The number of nitrogens with one attached hydrogen (secondary N) is 1. The lowest BCUT2D eigenvalue weighted by Gasteiger charge is -2.36. The molecule has 2 rings (SSSR count). The molecule has 6 nitrogen and oxygen atoms in total. The van der Waals surface area contributed by atoms with Gasteiger partial charge in [-0.25, -0.2) is 14.2 Å². The van der Waals surface area contributed by atoms with E-state index in [0.717, 1.165) is 0 Å². The highest BCUT2D eigenvalue weighted by Gasteiger charge is 2.33. The van der Waals surface area contributed by atoms with Crippen LogP contribution in [0.15, 0.2) is 36.7 Å². The first-order valence-electron chi connectivity index (χ1n) is 8.81. The third-order valence-electron chi connectivity index (χ3n) is 3.90. The topological polar surface area (TPSA) is 90.1 Å². The Labute approximate surface area is 159 Å². The number of aromatic nitrogens is 2. The quantitative estimate of drug-likeness (QED) is 0.775. The molecule has 0 saturated carbocycles. The normalized spacial score (nSPS) is 13.7. The largest absolute Gasteiger partial charge is 0.471 e. The first kappa shape index (κ1) is 20.6. The van der Waals surface area contributed by atoms with Crippen molar-refractivity contribution in [3.8, 4) is 5.88 Å². The van der Waals surface area contributed by atoms with Crippen LogP contribution in [-0.4, -0.2) is 21.5 Å². The molecule has 0 aliphatic rings. The third-order valence-corrected chi connectivity index (χ3v) is 3.90. The summed E-state index contributed by atoms with van der Waals surface area (Å²) in [4.78, 5) is 20.2. The number of hydrogen-bond donors (Lipinski definition) is 2. The van der Waals surface area contributed by atoms with E-state index < -0.39 is 11.6 Å². The average Bonchev–Trinajstić information content (AvgIpc) is 2.51. The highest BCUT2D eigenvalue weighted by molar-refractivity contribution is 5.72. The van der Waals surface area contributed by atoms with Gasteiger partial charge in [-0.05, 0) is 36.5 Å². The summed E-state index contributed by atoms with van der Waals surface area (Å²) in [6.45, 7) is 8.36. The molecule has 3 N–H and O–H groups in total. The van der Waals surface area contributed by atoms with Crippen molar-refractivity contribution in [1.29, 1.82) is 0 Å². The lowest BCUT2D eigenvalue weighted by atomic mass is 9.78. The standard InChI is InChI=1S/C20H27FN4O2/c1-19(2,3)13-20(4,25-18(22)26)11-16-17(24-9-8-23-16)27-12-14-6-5-7-15(21)10-14/h5-10H,11-13H2,1-4H3,(H3,22,25,26). The van der Waals surface area contributed by atoms with Crippen LogP contribution in [0.5, 0.6) is 5.88 Å². The van der Waals surface area contributed by atoms with Gasteiger partial charge in [-0.1, -0.05) is 32.9 Å². The van der Waals surface area contributed by atoms with E-state index in [4.69, 9.17) is 10.5 Å². The molecule has 1 aromatic carbocycles. The van der Waals surface area contributed by atoms with Crippen molar-refractivity contribution in [2.24, 2.45) is 11.1 Å². The minimum absolute atomic E-state index is 0.0397. The molecule has 146 valence electrons. The van der Waals surface area contributed by atoms with Gasteiger partial charge in [-0.15, -0.1) is 0 Å². The van der Waals surface area contributed by atoms with Gasteiger partial charge in [-0.2, -0.15) is 0 Å². The van der Waals surface area contributed by atoms with Crippen LogP contribution in [0.1, 0.15) is 45.4 Å². The Bertz CT molecular complexity index is 792. The Kier molecular flexibility index (Phi) is 6.36. The van der Waals surface area contributed by atoms with Crippen LogP contribution in [0.3, 0.4) is 0 Å². The fraction of sp³-hybridized carbons (Fsp3) is 0.450. The van der Waals surface area contributed by atoms with Gasteiger partial charge in [0.25, 0.3) is 0 Å². The van der Waals surface area contributed by atoms with E-state index in [9.17, 15) is 9.18 Å². The molecule has 2 amide bonds. The van der Waals surface area contributed by atoms with Crippen molar-refractivity contribution >= 4 is 6.03 Å². The van der Waals surface area contributed by atoms with E-state index in [1.54, 1.807) is 18.3 Å². The highest BCUT2D eigenvalue weighted by Crippen LogP contribution is 2.31. The Morgan fingerprint density at radius 2 is 1.93 bits per heavy atom. The van der Waals surface area contributed by atoms with E-state index in [1.165, 1.54) is 18.3 Å². The van der Waals surface area contributed by atoms with Gasteiger partial charge in [0.2, 0.25) is 5.88 Å². The average molecular weight is 374 g/mol. The van der Waals surface area contributed by atoms with E-state index in [2.05, 4.69) is 36.1 Å². The van der Waals surface area contributed by atoms with Crippen molar-refractivity contribution in [2.75, 3.05) is 0 Å². The smallest absolute Gasteiger partial charge is 0.312 e.